The Morgan fingerprint density at radius 2 is 2.33 bits per heavy atom. The van der Waals surface area contributed by atoms with Gasteiger partial charge in [0.15, 0.2) is 0 Å². The predicted molar refractivity (Wildman–Crippen MR) is 69.6 cm³/mol. The minimum atomic E-state index is -0.785. The second kappa shape index (κ2) is 5.39. The molecule has 0 fully saturated rings. The second-order valence-corrected chi connectivity index (χ2v) is 4.19. The van der Waals surface area contributed by atoms with E-state index < -0.39 is 6.10 Å². The van der Waals surface area contributed by atoms with Gasteiger partial charge < -0.3 is 20.6 Å². The number of aliphatic hydroxyl groups excluding tert-OH is 1. The number of aliphatic hydroxyl groups is 1. The monoisotopic (exact) mass is 267 g/mol. The molecule has 5 nitrogen and oxygen atoms in total. The zero-order valence-corrected chi connectivity index (χ0v) is 10.6. The summed E-state index contributed by atoms with van der Waals surface area (Å²) in [6.45, 7) is 0.121. The molecule has 4 N–H and O–H groups in total. The Hall–Kier alpha value is -1.56. The molecule has 0 saturated carbocycles. The molecule has 0 spiro atoms. The summed E-state index contributed by atoms with van der Waals surface area (Å²) >= 11 is 6.05. The largest absolute Gasteiger partial charge is 0.495 e. The molecule has 0 aliphatic heterocycles. The molecule has 0 amide bonds. The van der Waals surface area contributed by atoms with Crippen LogP contribution in [0.25, 0.3) is 11.3 Å². The van der Waals surface area contributed by atoms with Crippen molar-refractivity contribution < 1.29 is 9.84 Å². The van der Waals surface area contributed by atoms with Crippen LogP contribution in [0.4, 0.5) is 0 Å². The molecule has 1 aromatic heterocycles. The maximum absolute atomic E-state index is 9.56. The lowest BCUT2D eigenvalue weighted by molar-refractivity contribution is 0.177. The summed E-state index contributed by atoms with van der Waals surface area (Å²) in [7, 11) is 1.56. The van der Waals surface area contributed by atoms with E-state index in [2.05, 4.69) is 9.97 Å². The van der Waals surface area contributed by atoms with Crippen LogP contribution >= 0.6 is 11.6 Å². The predicted octanol–water partition coefficient (Wildman–Crippen LogP) is 1.73. The number of nitrogens with one attached hydrogen (secondary N) is 1. The summed E-state index contributed by atoms with van der Waals surface area (Å²) in [4.78, 5) is 7.08. The van der Waals surface area contributed by atoms with E-state index in [0.29, 0.717) is 16.6 Å². The van der Waals surface area contributed by atoms with E-state index in [1.54, 1.807) is 25.4 Å². The summed E-state index contributed by atoms with van der Waals surface area (Å²) in [6, 6.07) is 5.40. The Balaban J connectivity index is 2.31. The van der Waals surface area contributed by atoms with E-state index in [4.69, 9.17) is 22.1 Å². The third-order valence-electron chi connectivity index (χ3n) is 2.60. The Morgan fingerprint density at radius 1 is 1.56 bits per heavy atom. The van der Waals surface area contributed by atoms with Crippen LogP contribution in [0.3, 0.4) is 0 Å². The van der Waals surface area contributed by atoms with Crippen molar-refractivity contribution in [1.82, 2.24) is 9.97 Å². The summed E-state index contributed by atoms with van der Waals surface area (Å²) in [5, 5.41) is 10.1. The zero-order chi connectivity index (χ0) is 13.1. The molecule has 0 aliphatic rings. The van der Waals surface area contributed by atoms with Gasteiger partial charge in [-0.2, -0.15) is 0 Å². The first-order chi connectivity index (χ1) is 8.65. The first-order valence-corrected chi connectivity index (χ1v) is 5.80. The number of methoxy groups -OCH3 is 1. The molecule has 0 radical (unpaired) electrons. The summed E-state index contributed by atoms with van der Waals surface area (Å²) in [5.41, 5.74) is 7.00. The van der Waals surface area contributed by atoms with Gasteiger partial charge in [0.1, 0.15) is 17.7 Å². The van der Waals surface area contributed by atoms with E-state index in [1.165, 1.54) is 0 Å². The molecule has 18 heavy (non-hydrogen) atoms. The highest BCUT2D eigenvalue weighted by atomic mass is 35.5. The molecule has 0 aliphatic carbocycles. The molecular weight excluding hydrogens is 254 g/mol. The van der Waals surface area contributed by atoms with Crippen LogP contribution in [0.5, 0.6) is 5.75 Å². The van der Waals surface area contributed by atoms with Crippen molar-refractivity contribution >= 4 is 11.6 Å². The minimum absolute atomic E-state index is 0.121. The average Bonchev–Trinajstić information content (AvgIpc) is 2.87. The summed E-state index contributed by atoms with van der Waals surface area (Å²) in [5.74, 6) is 1.06. The Bertz CT molecular complexity index is 542. The van der Waals surface area contributed by atoms with Crippen molar-refractivity contribution in [2.75, 3.05) is 13.7 Å². The van der Waals surface area contributed by atoms with Crippen LogP contribution in [-0.4, -0.2) is 28.7 Å². The quantitative estimate of drug-likeness (QED) is 0.788. The maximum atomic E-state index is 9.56. The molecule has 1 heterocycles. The fourth-order valence-electron chi connectivity index (χ4n) is 1.60. The van der Waals surface area contributed by atoms with E-state index in [1.807, 2.05) is 6.07 Å². The fraction of sp³-hybridized carbons (Fsp3) is 0.250. The Labute approximate surface area is 110 Å². The lowest BCUT2D eigenvalue weighted by Gasteiger charge is -2.05. The van der Waals surface area contributed by atoms with Crippen LogP contribution in [-0.2, 0) is 0 Å². The van der Waals surface area contributed by atoms with Gasteiger partial charge in [-0.15, -0.1) is 0 Å². The third-order valence-corrected chi connectivity index (χ3v) is 2.89. The highest BCUT2D eigenvalue weighted by Gasteiger charge is 2.11. The topological polar surface area (TPSA) is 84.2 Å². The number of halogens is 1. The third kappa shape index (κ3) is 2.48. The van der Waals surface area contributed by atoms with Crippen molar-refractivity contribution in [3.63, 3.8) is 0 Å². The van der Waals surface area contributed by atoms with Gasteiger partial charge in [0.25, 0.3) is 0 Å². The van der Waals surface area contributed by atoms with Crippen LogP contribution < -0.4 is 10.5 Å². The molecule has 1 aromatic carbocycles. The zero-order valence-electron chi connectivity index (χ0n) is 9.85. The average molecular weight is 268 g/mol. The van der Waals surface area contributed by atoms with Gasteiger partial charge in [0.05, 0.1) is 24.0 Å². The van der Waals surface area contributed by atoms with Gasteiger partial charge in [0, 0.05) is 12.1 Å². The lowest BCUT2D eigenvalue weighted by atomic mass is 10.1. The van der Waals surface area contributed by atoms with E-state index in [9.17, 15) is 5.11 Å². The fourth-order valence-corrected chi connectivity index (χ4v) is 1.86. The second-order valence-electron chi connectivity index (χ2n) is 3.78. The summed E-state index contributed by atoms with van der Waals surface area (Å²) < 4.78 is 5.08. The smallest absolute Gasteiger partial charge is 0.137 e. The van der Waals surface area contributed by atoms with E-state index in [-0.39, 0.29) is 6.54 Å². The number of aromatic amines is 1. The van der Waals surface area contributed by atoms with Gasteiger partial charge in [-0.1, -0.05) is 11.6 Å². The van der Waals surface area contributed by atoms with Crippen molar-refractivity contribution in [3.05, 3.63) is 35.2 Å². The van der Waals surface area contributed by atoms with Crippen LogP contribution in [0.15, 0.2) is 24.4 Å². The number of hydrogen-bond acceptors (Lipinski definition) is 4. The van der Waals surface area contributed by atoms with Crippen molar-refractivity contribution in [2.24, 2.45) is 5.73 Å². The molecule has 1 unspecified atom stereocenters. The number of benzene rings is 1. The Morgan fingerprint density at radius 3 is 2.94 bits per heavy atom. The molecule has 2 aromatic rings. The molecule has 0 saturated heterocycles. The highest BCUT2D eigenvalue weighted by molar-refractivity contribution is 6.32. The van der Waals surface area contributed by atoms with Crippen LogP contribution in [0.2, 0.25) is 5.02 Å². The molecular formula is C12H14ClN3O2. The molecule has 96 valence electrons. The van der Waals surface area contributed by atoms with Crippen LogP contribution in [0, 0.1) is 0 Å². The number of aromatic nitrogens is 2. The van der Waals surface area contributed by atoms with Crippen molar-refractivity contribution in [1.29, 1.82) is 0 Å². The number of rotatable bonds is 4. The first-order valence-electron chi connectivity index (χ1n) is 5.42. The van der Waals surface area contributed by atoms with Crippen LogP contribution in [0.1, 0.15) is 11.9 Å². The van der Waals surface area contributed by atoms with E-state index in [0.717, 1.165) is 11.3 Å². The van der Waals surface area contributed by atoms with Gasteiger partial charge in [0.2, 0.25) is 0 Å². The maximum Gasteiger partial charge on any atom is 0.137 e. The number of nitrogens with zero attached hydrogens (tertiary/aromatic N) is 1. The number of H-pyrrole nitrogens is 1. The number of nitrogens with two attached hydrogens (primary N) is 1. The Kier molecular flexibility index (Phi) is 3.86. The standard InChI is InChI=1S/C12H14ClN3O2/c1-18-11-3-2-7(4-8(11)13)9-6-15-12(16-9)10(17)5-14/h2-4,6,10,17H,5,14H2,1H3,(H,15,16). The number of imidazole rings is 1. The number of hydrogen-bond donors (Lipinski definition) is 3. The van der Waals surface area contributed by atoms with Gasteiger partial charge >= 0.3 is 0 Å². The van der Waals surface area contributed by atoms with Gasteiger partial charge in [-0.05, 0) is 18.2 Å². The molecule has 6 heteroatoms. The summed E-state index contributed by atoms with van der Waals surface area (Å²) in [6.07, 6.45) is 0.847. The molecule has 1 atom stereocenters. The van der Waals surface area contributed by atoms with Crippen molar-refractivity contribution in [3.8, 4) is 17.0 Å². The van der Waals surface area contributed by atoms with Gasteiger partial charge in [-0.3, -0.25) is 0 Å². The minimum Gasteiger partial charge on any atom is -0.495 e. The molecule has 2 rings (SSSR count). The van der Waals surface area contributed by atoms with Gasteiger partial charge in [-0.25, -0.2) is 4.98 Å². The van der Waals surface area contributed by atoms with Crippen molar-refractivity contribution in [2.45, 2.75) is 6.10 Å². The number of ether oxygens (including phenoxy) is 1. The SMILES string of the molecule is COc1ccc(-c2cnc(C(O)CN)[nH]2)cc1Cl. The first kappa shape index (κ1) is 12.9. The van der Waals surface area contributed by atoms with E-state index >= 15 is 0 Å². The normalized spacial score (nSPS) is 12.4. The lowest BCUT2D eigenvalue weighted by Crippen LogP contribution is -2.12. The molecule has 0 bridgehead atoms. The highest BCUT2D eigenvalue weighted by Crippen LogP contribution is 2.29.